The molecule has 0 aliphatic carbocycles. The van der Waals surface area contributed by atoms with Gasteiger partial charge in [0.1, 0.15) is 11.6 Å². The van der Waals surface area contributed by atoms with Crippen molar-refractivity contribution in [3.8, 4) is 0 Å². The van der Waals surface area contributed by atoms with Gasteiger partial charge >= 0.3 is 0 Å². The van der Waals surface area contributed by atoms with Gasteiger partial charge in [0, 0.05) is 32.6 Å². The van der Waals surface area contributed by atoms with E-state index < -0.39 is 39.3 Å². The summed E-state index contributed by atoms with van der Waals surface area (Å²) in [5.41, 5.74) is 1.57. The number of hydrogen-bond acceptors (Lipinski definition) is 5. The van der Waals surface area contributed by atoms with Crippen molar-refractivity contribution < 1.29 is 27.1 Å². The van der Waals surface area contributed by atoms with Gasteiger partial charge in [0.25, 0.3) is 0 Å². The highest BCUT2D eigenvalue weighted by Gasteiger charge is 2.43. The van der Waals surface area contributed by atoms with Crippen molar-refractivity contribution in [1.29, 1.82) is 0 Å². The highest BCUT2D eigenvalue weighted by Crippen LogP contribution is 2.35. The van der Waals surface area contributed by atoms with Gasteiger partial charge in [0.15, 0.2) is 0 Å². The van der Waals surface area contributed by atoms with Crippen molar-refractivity contribution in [3.05, 3.63) is 70.8 Å². The molecule has 2 aromatic carbocycles. The highest BCUT2D eigenvalue weighted by atomic mass is 32.2. The lowest BCUT2D eigenvalue weighted by Crippen LogP contribution is -2.53. The van der Waals surface area contributed by atoms with E-state index in [0.717, 1.165) is 29.3 Å². The van der Waals surface area contributed by atoms with E-state index in [-0.39, 0.29) is 31.3 Å². The maximum Gasteiger partial charge on any atom is 0.217 e. The Morgan fingerprint density at radius 2 is 1.83 bits per heavy atom. The Morgan fingerprint density at radius 1 is 1.17 bits per heavy atom. The molecule has 0 saturated carbocycles. The molecular formula is C26H35F2N3O4S. The molecule has 3 atom stereocenters. The van der Waals surface area contributed by atoms with Crippen LogP contribution in [0.1, 0.15) is 49.8 Å². The maximum atomic E-state index is 13.7. The van der Waals surface area contributed by atoms with Crippen molar-refractivity contribution in [2.24, 2.45) is 0 Å². The summed E-state index contributed by atoms with van der Waals surface area (Å²) >= 11 is 0. The number of nitrogens with one attached hydrogen (secondary N) is 2. The number of carbonyl (C=O) groups excluding carboxylic acids is 1. The number of aliphatic hydroxyl groups excluding tert-OH is 1. The molecular weight excluding hydrogens is 488 g/mol. The second kappa shape index (κ2) is 11.3. The number of aliphatic hydroxyl groups is 1. The lowest BCUT2D eigenvalue weighted by Gasteiger charge is -2.34. The first-order valence-corrected chi connectivity index (χ1v) is 13.8. The molecule has 1 saturated heterocycles. The van der Waals surface area contributed by atoms with Gasteiger partial charge < -0.3 is 15.7 Å². The fraction of sp³-hybridized carbons (Fsp3) is 0.500. The molecule has 0 radical (unpaired) electrons. The molecule has 3 rings (SSSR count). The Kier molecular flexibility index (Phi) is 8.87. The van der Waals surface area contributed by atoms with Crippen LogP contribution in [0.3, 0.4) is 0 Å². The lowest BCUT2D eigenvalue weighted by atomic mass is 9.86. The summed E-state index contributed by atoms with van der Waals surface area (Å²) in [6, 6.07) is 10.2. The Balaban J connectivity index is 1.86. The summed E-state index contributed by atoms with van der Waals surface area (Å²) in [6.07, 6.45) is 0.571. The molecule has 2 aromatic rings. The van der Waals surface area contributed by atoms with Gasteiger partial charge in [-0.2, -0.15) is 4.31 Å². The topological polar surface area (TPSA) is 98.7 Å². The van der Waals surface area contributed by atoms with Crippen molar-refractivity contribution in [2.75, 3.05) is 25.9 Å². The molecule has 1 fully saturated rings. The number of benzene rings is 2. The third-order valence-corrected chi connectivity index (χ3v) is 7.94. The summed E-state index contributed by atoms with van der Waals surface area (Å²) < 4.78 is 53.4. The number of halogens is 2. The molecule has 1 heterocycles. The molecule has 1 amide bonds. The summed E-state index contributed by atoms with van der Waals surface area (Å²) in [4.78, 5) is 11.8. The van der Waals surface area contributed by atoms with E-state index in [9.17, 15) is 27.1 Å². The lowest BCUT2D eigenvalue weighted by molar-refractivity contribution is -0.120. The van der Waals surface area contributed by atoms with Crippen LogP contribution in [0.5, 0.6) is 0 Å². The molecule has 1 aliphatic heterocycles. The minimum atomic E-state index is -3.42. The van der Waals surface area contributed by atoms with Crippen LogP contribution in [-0.4, -0.2) is 61.8 Å². The number of amides is 1. The fourth-order valence-electron chi connectivity index (χ4n) is 4.70. The maximum absolute atomic E-state index is 13.7. The standard InChI is InChI=1S/C26H35F2N3O4S/c1-17(2)20-6-5-7-21(13-20)26(8-9-31(16-26)36(4,34)35)29-15-25(33)24(30-18(3)32)12-19-10-22(27)14-23(28)11-19/h5-7,10-11,13-14,17,24-25,29,33H,8-9,12,15-16H2,1-4H3,(H,30,32)/t24-,25-,26?/m0/s1. The summed E-state index contributed by atoms with van der Waals surface area (Å²) in [7, 11) is -3.42. The predicted octanol–water partition coefficient (Wildman–Crippen LogP) is 2.65. The average molecular weight is 524 g/mol. The van der Waals surface area contributed by atoms with Gasteiger partial charge in [0.05, 0.1) is 23.9 Å². The first kappa shape index (κ1) is 28.2. The zero-order chi connectivity index (χ0) is 26.7. The van der Waals surface area contributed by atoms with Gasteiger partial charge in [-0.25, -0.2) is 17.2 Å². The van der Waals surface area contributed by atoms with Gasteiger partial charge in [-0.3, -0.25) is 4.79 Å². The van der Waals surface area contributed by atoms with Crippen LogP contribution in [0, 0.1) is 11.6 Å². The molecule has 7 nitrogen and oxygen atoms in total. The monoisotopic (exact) mass is 523 g/mol. The molecule has 0 bridgehead atoms. The normalized spacial score (nSPS) is 20.4. The largest absolute Gasteiger partial charge is 0.390 e. The Bertz CT molecular complexity index is 1170. The van der Waals surface area contributed by atoms with Crippen LogP contribution in [-0.2, 0) is 26.8 Å². The van der Waals surface area contributed by atoms with Crippen LogP contribution in [0.4, 0.5) is 8.78 Å². The Labute approximate surface area is 211 Å². The van der Waals surface area contributed by atoms with E-state index in [1.165, 1.54) is 17.5 Å². The zero-order valence-electron chi connectivity index (χ0n) is 21.1. The van der Waals surface area contributed by atoms with E-state index in [1.807, 2.05) is 18.2 Å². The van der Waals surface area contributed by atoms with Crippen molar-refractivity contribution in [2.45, 2.75) is 57.2 Å². The van der Waals surface area contributed by atoms with Crippen molar-refractivity contribution in [3.63, 3.8) is 0 Å². The van der Waals surface area contributed by atoms with Gasteiger partial charge in [-0.15, -0.1) is 0 Å². The molecule has 1 aliphatic rings. The number of hydrogen-bond donors (Lipinski definition) is 3. The van der Waals surface area contributed by atoms with Crippen LogP contribution >= 0.6 is 0 Å². The Morgan fingerprint density at radius 3 is 2.39 bits per heavy atom. The zero-order valence-corrected chi connectivity index (χ0v) is 21.9. The van der Waals surface area contributed by atoms with Crippen LogP contribution in [0.25, 0.3) is 0 Å². The average Bonchev–Trinajstić information content (AvgIpc) is 3.22. The quantitative estimate of drug-likeness (QED) is 0.445. The summed E-state index contributed by atoms with van der Waals surface area (Å²) in [5, 5.41) is 17.1. The smallest absolute Gasteiger partial charge is 0.217 e. The Hall–Kier alpha value is -2.40. The van der Waals surface area contributed by atoms with Gasteiger partial charge in [-0.1, -0.05) is 38.1 Å². The van der Waals surface area contributed by atoms with E-state index in [1.54, 1.807) is 0 Å². The second-order valence-corrected chi connectivity index (χ2v) is 11.9. The second-order valence-electron chi connectivity index (χ2n) is 9.95. The number of sulfonamides is 1. The minimum Gasteiger partial charge on any atom is -0.390 e. The van der Waals surface area contributed by atoms with Crippen molar-refractivity contribution in [1.82, 2.24) is 14.9 Å². The number of rotatable bonds is 10. The van der Waals surface area contributed by atoms with E-state index in [4.69, 9.17) is 0 Å². The van der Waals surface area contributed by atoms with E-state index in [0.29, 0.717) is 18.5 Å². The van der Waals surface area contributed by atoms with Crippen LogP contribution in [0.2, 0.25) is 0 Å². The SMILES string of the molecule is CC(=O)N[C@@H](Cc1cc(F)cc(F)c1)[C@@H](O)CNC1(c2cccc(C(C)C)c2)CCN(S(C)(=O)=O)C1. The fourth-order valence-corrected chi connectivity index (χ4v) is 5.58. The molecule has 0 aromatic heterocycles. The van der Waals surface area contributed by atoms with Gasteiger partial charge in [0.2, 0.25) is 15.9 Å². The first-order valence-electron chi connectivity index (χ1n) is 12.0. The van der Waals surface area contributed by atoms with E-state index in [2.05, 4.69) is 30.5 Å². The highest BCUT2D eigenvalue weighted by molar-refractivity contribution is 7.88. The van der Waals surface area contributed by atoms with Crippen LogP contribution < -0.4 is 10.6 Å². The van der Waals surface area contributed by atoms with Crippen molar-refractivity contribution >= 4 is 15.9 Å². The summed E-state index contributed by atoms with van der Waals surface area (Å²) in [6.45, 7) is 6.00. The molecule has 198 valence electrons. The minimum absolute atomic E-state index is 0.0163. The first-order chi connectivity index (χ1) is 16.8. The third-order valence-electron chi connectivity index (χ3n) is 6.69. The molecule has 3 N–H and O–H groups in total. The summed E-state index contributed by atoms with van der Waals surface area (Å²) in [5.74, 6) is -1.60. The third kappa shape index (κ3) is 7.09. The predicted molar refractivity (Wildman–Crippen MR) is 135 cm³/mol. The number of nitrogens with zero attached hydrogens (tertiary/aromatic N) is 1. The van der Waals surface area contributed by atoms with E-state index >= 15 is 0 Å². The molecule has 0 spiro atoms. The number of carbonyl (C=O) groups is 1. The molecule has 1 unspecified atom stereocenters. The van der Waals surface area contributed by atoms with Gasteiger partial charge in [-0.05, 0) is 47.6 Å². The van der Waals surface area contributed by atoms with Crippen LogP contribution in [0.15, 0.2) is 42.5 Å². The molecule has 36 heavy (non-hydrogen) atoms. The molecule has 10 heteroatoms.